The van der Waals surface area contributed by atoms with Gasteiger partial charge in [-0.2, -0.15) is 0 Å². The Morgan fingerprint density at radius 3 is 1.42 bits per heavy atom. The molecular weight excluding hydrogens is 192 g/mol. The minimum absolute atomic E-state index is 0.828. The summed E-state index contributed by atoms with van der Waals surface area (Å²) in [6.45, 7) is 7.00. The monoisotopic (exact) mass is 213 g/mol. The summed E-state index contributed by atoms with van der Waals surface area (Å²) < 4.78 is 0. The van der Waals surface area contributed by atoms with Crippen molar-refractivity contribution >= 4 is 25.9 Å². The molecule has 0 heterocycles. The van der Waals surface area contributed by atoms with E-state index in [-0.39, 0.29) is 0 Å². The molecule has 0 rings (SSSR count). The molecule has 0 N–H and O–H groups in total. The summed E-state index contributed by atoms with van der Waals surface area (Å²) in [7, 11) is 4.07. The molecule has 0 unspecified atom stereocenters. The predicted molar refractivity (Wildman–Crippen MR) is 62.6 cm³/mol. The Morgan fingerprint density at radius 1 is 0.917 bits per heavy atom. The van der Waals surface area contributed by atoms with E-state index in [0.29, 0.717) is 0 Å². The number of hydrogen-bond acceptors (Lipinski definition) is 0. The van der Waals surface area contributed by atoms with E-state index in [1.54, 1.807) is 0 Å². The van der Waals surface area contributed by atoms with Crippen molar-refractivity contribution in [2.24, 2.45) is 0 Å². The first-order valence-corrected chi connectivity index (χ1v) is 11.3. The van der Waals surface area contributed by atoms with Crippen LogP contribution in [0.3, 0.4) is 0 Å². The Hall–Kier alpha value is 0.651. The van der Waals surface area contributed by atoms with E-state index >= 15 is 0 Å². The summed E-state index contributed by atoms with van der Waals surface area (Å²) >= 11 is 0. The standard InChI is InChI=1S/C9H21Si3/c1-4-7-12(11-10,8-5-2)9-6-3/h4-9H2,1-3H3. The Labute approximate surface area is 84.4 Å². The van der Waals surface area contributed by atoms with Gasteiger partial charge >= 0.3 is 0 Å². The highest BCUT2D eigenvalue weighted by Crippen LogP contribution is 2.23. The van der Waals surface area contributed by atoms with E-state index in [0.717, 1.165) is 8.55 Å². The maximum absolute atomic E-state index is 3.81. The van der Waals surface area contributed by atoms with Gasteiger partial charge in [-0.3, -0.25) is 0 Å². The molecule has 3 heteroatoms. The summed E-state index contributed by atoms with van der Waals surface area (Å²) in [6, 6.07) is 4.61. The van der Waals surface area contributed by atoms with Crippen molar-refractivity contribution in [3.05, 3.63) is 0 Å². The van der Waals surface area contributed by atoms with Crippen LogP contribution in [0.2, 0.25) is 18.1 Å². The highest BCUT2D eigenvalue weighted by molar-refractivity contribution is 7.40. The van der Waals surface area contributed by atoms with E-state index in [1.807, 2.05) is 0 Å². The third-order valence-corrected chi connectivity index (χ3v) is 16.0. The van der Waals surface area contributed by atoms with Crippen LogP contribution in [0.25, 0.3) is 0 Å². The molecule has 0 aliphatic rings. The van der Waals surface area contributed by atoms with E-state index in [2.05, 4.69) is 30.5 Å². The fraction of sp³-hybridized carbons (Fsp3) is 1.00. The molecule has 0 aromatic rings. The largest absolute Gasteiger partial charge is 0.0657 e. The summed E-state index contributed by atoms with van der Waals surface area (Å²) in [5.41, 5.74) is 0. The van der Waals surface area contributed by atoms with Crippen LogP contribution in [0.1, 0.15) is 40.0 Å². The van der Waals surface area contributed by atoms with Gasteiger partial charge in [0.1, 0.15) is 0 Å². The number of rotatable bonds is 7. The van der Waals surface area contributed by atoms with Gasteiger partial charge < -0.3 is 0 Å². The maximum Gasteiger partial charge on any atom is 0.0380 e. The molecule has 0 aliphatic carbocycles. The van der Waals surface area contributed by atoms with Crippen LogP contribution < -0.4 is 0 Å². The van der Waals surface area contributed by atoms with Gasteiger partial charge in [-0.1, -0.05) is 58.2 Å². The summed E-state index contributed by atoms with van der Waals surface area (Å²) in [5, 5.41) is 0. The van der Waals surface area contributed by atoms with Crippen molar-refractivity contribution in [3.63, 3.8) is 0 Å². The van der Waals surface area contributed by atoms with Crippen molar-refractivity contribution < 1.29 is 0 Å². The SMILES string of the molecule is CCC[Si](CCC)(CCC)[Si][Si]. The molecule has 0 bridgehead atoms. The zero-order chi connectivity index (χ0) is 9.45. The maximum atomic E-state index is 3.81. The van der Waals surface area contributed by atoms with Crippen LogP contribution in [-0.2, 0) is 0 Å². The van der Waals surface area contributed by atoms with Crippen molar-refractivity contribution in [2.45, 2.75) is 58.2 Å². The molecule has 0 amide bonds. The quantitative estimate of drug-likeness (QED) is 0.571. The predicted octanol–water partition coefficient (Wildman–Crippen LogP) is 2.95. The third kappa shape index (κ3) is 4.05. The van der Waals surface area contributed by atoms with Crippen LogP contribution >= 0.6 is 0 Å². The first-order valence-electron chi connectivity index (χ1n) is 5.18. The minimum atomic E-state index is -0.828. The van der Waals surface area contributed by atoms with Crippen LogP contribution in [0.5, 0.6) is 0 Å². The van der Waals surface area contributed by atoms with E-state index < -0.39 is 7.59 Å². The summed E-state index contributed by atoms with van der Waals surface area (Å²) in [5.74, 6) is 0. The molecule has 0 nitrogen and oxygen atoms in total. The van der Waals surface area contributed by atoms with E-state index in [4.69, 9.17) is 0 Å². The van der Waals surface area contributed by atoms with Crippen LogP contribution in [0, 0.1) is 0 Å². The zero-order valence-electron chi connectivity index (χ0n) is 8.74. The Bertz CT molecular complexity index is 86.9. The van der Waals surface area contributed by atoms with Crippen LogP contribution in [0.4, 0.5) is 0 Å². The molecule has 0 aliphatic heterocycles. The Kier molecular flexibility index (Phi) is 7.48. The molecule has 5 radical (unpaired) electrons. The molecule has 0 aromatic carbocycles. The van der Waals surface area contributed by atoms with Gasteiger partial charge in [0.15, 0.2) is 0 Å². The second-order valence-electron chi connectivity index (χ2n) is 3.66. The fourth-order valence-electron chi connectivity index (χ4n) is 2.00. The Morgan fingerprint density at radius 2 is 1.25 bits per heavy atom. The summed E-state index contributed by atoms with van der Waals surface area (Å²) in [4.78, 5) is 0. The van der Waals surface area contributed by atoms with Gasteiger partial charge in [0.05, 0.1) is 0 Å². The lowest BCUT2D eigenvalue weighted by atomic mass is 10.6. The number of hydrogen-bond donors (Lipinski definition) is 0. The first kappa shape index (κ1) is 12.7. The molecule has 0 saturated heterocycles. The van der Waals surface area contributed by atoms with Gasteiger partial charge in [0.2, 0.25) is 0 Å². The third-order valence-electron chi connectivity index (χ3n) is 2.45. The lowest BCUT2D eigenvalue weighted by Crippen LogP contribution is -2.41. The van der Waals surface area contributed by atoms with Crippen molar-refractivity contribution in [2.75, 3.05) is 0 Å². The molecule has 0 aromatic heterocycles. The van der Waals surface area contributed by atoms with Gasteiger partial charge in [0.25, 0.3) is 0 Å². The van der Waals surface area contributed by atoms with Crippen LogP contribution in [0.15, 0.2) is 0 Å². The lowest BCUT2D eigenvalue weighted by Gasteiger charge is -2.29. The van der Waals surface area contributed by atoms with E-state index in [1.165, 1.54) is 37.4 Å². The summed E-state index contributed by atoms with van der Waals surface area (Å²) in [6.07, 6.45) is 4.18. The molecule has 0 atom stereocenters. The van der Waals surface area contributed by atoms with Gasteiger partial charge in [-0.05, 0) is 0 Å². The Balaban J connectivity index is 4.06. The normalized spacial score (nSPS) is 12.0. The van der Waals surface area contributed by atoms with Crippen LogP contribution in [-0.4, -0.2) is 25.9 Å². The van der Waals surface area contributed by atoms with Crippen molar-refractivity contribution in [1.82, 2.24) is 0 Å². The van der Waals surface area contributed by atoms with Gasteiger partial charge in [-0.25, -0.2) is 0 Å². The highest BCUT2D eigenvalue weighted by Gasteiger charge is 2.27. The molecule has 0 fully saturated rings. The first-order chi connectivity index (χ1) is 5.74. The zero-order valence-corrected chi connectivity index (χ0v) is 11.7. The van der Waals surface area contributed by atoms with E-state index in [9.17, 15) is 0 Å². The topological polar surface area (TPSA) is 0 Å². The highest BCUT2D eigenvalue weighted by atomic mass is 29.5. The molecule has 69 valence electrons. The molecule has 0 spiro atoms. The fourth-order valence-corrected chi connectivity index (χ4v) is 12.7. The molecule has 12 heavy (non-hydrogen) atoms. The average Bonchev–Trinajstić information content (AvgIpc) is 2.06. The second kappa shape index (κ2) is 7.09. The average molecular weight is 214 g/mol. The van der Waals surface area contributed by atoms with Gasteiger partial charge in [0, 0.05) is 25.9 Å². The second-order valence-corrected chi connectivity index (χ2v) is 14.1. The smallest absolute Gasteiger partial charge is 0.0380 e. The van der Waals surface area contributed by atoms with Gasteiger partial charge in [-0.15, -0.1) is 0 Å². The molecular formula is C9H21Si3. The van der Waals surface area contributed by atoms with Crippen molar-refractivity contribution in [3.8, 4) is 0 Å². The minimum Gasteiger partial charge on any atom is -0.0657 e. The van der Waals surface area contributed by atoms with Crippen molar-refractivity contribution in [1.29, 1.82) is 0 Å². The molecule has 0 saturated carbocycles. The lowest BCUT2D eigenvalue weighted by molar-refractivity contribution is 0.947.